The van der Waals surface area contributed by atoms with E-state index >= 15 is 0 Å². The van der Waals surface area contributed by atoms with Crippen LogP contribution in [0.2, 0.25) is 0 Å². The van der Waals surface area contributed by atoms with E-state index in [1.54, 1.807) is 18.4 Å². The molecule has 1 amide bonds. The third-order valence-corrected chi connectivity index (χ3v) is 5.68. The minimum Gasteiger partial charge on any atom is -0.459 e. The molecule has 0 spiro atoms. The lowest BCUT2D eigenvalue weighted by atomic mass is 9.99. The van der Waals surface area contributed by atoms with Crippen LogP contribution in [0.1, 0.15) is 42.7 Å². The maximum atomic E-state index is 12.5. The molecule has 3 aliphatic heterocycles. The van der Waals surface area contributed by atoms with Crippen LogP contribution in [0.25, 0.3) is 0 Å². The number of carbonyl (C=O) groups excluding carboxylic acids is 1. The molecule has 3 saturated heterocycles. The Labute approximate surface area is 149 Å². The second-order valence-corrected chi connectivity index (χ2v) is 7.33. The highest BCUT2D eigenvalue weighted by Gasteiger charge is 2.42. The van der Waals surface area contributed by atoms with Crippen LogP contribution < -0.4 is 0 Å². The van der Waals surface area contributed by atoms with Crippen LogP contribution in [0, 0.1) is 0 Å². The maximum Gasteiger partial charge on any atom is 0.289 e. The second kappa shape index (κ2) is 7.89. The quantitative estimate of drug-likeness (QED) is 0.738. The predicted molar refractivity (Wildman–Crippen MR) is 92.5 cm³/mol. The zero-order valence-corrected chi connectivity index (χ0v) is 14.8. The Morgan fingerprint density at radius 1 is 1.20 bits per heavy atom. The lowest BCUT2D eigenvalue weighted by Gasteiger charge is -2.35. The Morgan fingerprint density at radius 3 is 2.88 bits per heavy atom. The Morgan fingerprint density at radius 2 is 2.08 bits per heavy atom. The van der Waals surface area contributed by atoms with Gasteiger partial charge in [0.1, 0.15) is 0 Å². The molecule has 25 heavy (non-hydrogen) atoms. The van der Waals surface area contributed by atoms with E-state index < -0.39 is 0 Å². The molecule has 4 rings (SSSR count). The van der Waals surface area contributed by atoms with Gasteiger partial charge in [0.05, 0.1) is 37.7 Å². The lowest BCUT2D eigenvalue weighted by Crippen LogP contribution is -2.46. The minimum atomic E-state index is -0.0126. The number of furan rings is 1. The van der Waals surface area contributed by atoms with Crippen molar-refractivity contribution in [1.82, 2.24) is 9.80 Å². The van der Waals surface area contributed by atoms with Crippen molar-refractivity contribution in [2.75, 3.05) is 39.4 Å². The molecule has 0 bridgehead atoms. The Kier molecular flexibility index (Phi) is 5.39. The average molecular weight is 348 g/mol. The number of likely N-dealkylation sites (tertiary alicyclic amines) is 2. The third kappa shape index (κ3) is 3.91. The summed E-state index contributed by atoms with van der Waals surface area (Å²) in [5.74, 6) is 0.412. The van der Waals surface area contributed by atoms with Crippen LogP contribution >= 0.6 is 0 Å². The van der Waals surface area contributed by atoms with Crippen LogP contribution in [0.5, 0.6) is 0 Å². The summed E-state index contributed by atoms with van der Waals surface area (Å²) in [7, 11) is 0. The zero-order chi connectivity index (χ0) is 17.1. The van der Waals surface area contributed by atoms with Gasteiger partial charge in [-0.05, 0) is 57.3 Å². The third-order valence-electron chi connectivity index (χ3n) is 5.68. The van der Waals surface area contributed by atoms with Gasteiger partial charge >= 0.3 is 0 Å². The van der Waals surface area contributed by atoms with Gasteiger partial charge < -0.3 is 23.7 Å². The number of fused-ring (bicyclic) bond motifs is 1. The molecule has 1 aromatic rings. The van der Waals surface area contributed by atoms with Crippen LogP contribution in [0.4, 0.5) is 0 Å². The molecule has 0 N–H and O–H groups in total. The monoisotopic (exact) mass is 348 g/mol. The van der Waals surface area contributed by atoms with Gasteiger partial charge in [0.2, 0.25) is 0 Å². The molecule has 6 nitrogen and oxygen atoms in total. The Hall–Kier alpha value is -1.37. The fourth-order valence-corrected chi connectivity index (χ4v) is 4.33. The molecule has 4 heterocycles. The molecule has 3 fully saturated rings. The number of nitrogens with zero attached hydrogens (tertiary/aromatic N) is 2. The standard InChI is InChI=1S/C19H28N2O4/c22-19(18-4-3-12-24-18)21-10-7-17-16(21)6-5-15(25-17)14-23-13-11-20-8-1-2-9-20/h3-4,12,15-17H,1-2,5-11,13-14H2/t15-,16-,17-/m0/s1. The summed E-state index contributed by atoms with van der Waals surface area (Å²) in [6.45, 7) is 5.67. The van der Waals surface area contributed by atoms with E-state index in [0.29, 0.717) is 12.4 Å². The van der Waals surface area contributed by atoms with Gasteiger partial charge in [0.25, 0.3) is 5.91 Å². The number of hydrogen-bond acceptors (Lipinski definition) is 5. The van der Waals surface area contributed by atoms with Gasteiger partial charge in [-0.25, -0.2) is 0 Å². The van der Waals surface area contributed by atoms with Crippen molar-refractivity contribution in [1.29, 1.82) is 0 Å². The highest BCUT2D eigenvalue weighted by molar-refractivity contribution is 5.91. The van der Waals surface area contributed by atoms with Gasteiger partial charge in [0, 0.05) is 13.1 Å². The van der Waals surface area contributed by atoms with Gasteiger partial charge in [0.15, 0.2) is 5.76 Å². The minimum absolute atomic E-state index is 0.0126. The largest absolute Gasteiger partial charge is 0.459 e. The van der Waals surface area contributed by atoms with E-state index in [-0.39, 0.29) is 24.2 Å². The van der Waals surface area contributed by atoms with Crippen LogP contribution in [-0.4, -0.2) is 73.3 Å². The fourth-order valence-electron chi connectivity index (χ4n) is 4.33. The van der Waals surface area contributed by atoms with Crippen molar-refractivity contribution in [2.45, 2.75) is 50.4 Å². The van der Waals surface area contributed by atoms with Crippen molar-refractivity contribution in [2.24, 2.45) is 0 Å². The number of ether oxygens (including phenoxy) is 2. The summed E-state index contributed by atoms with van der Waals surface area (Å²) in [6.07, 6.45) is 7.33. The number of carbonyl (C=O) groups is 1. The molecule has 3 atom stereocenters. The number of hydrogen-bond donors (Lipinski definition) is 0. The molecular weight excluding hydrogens is 320 g/mol. The van der Waals surface area contributed by atoms with E-state index in [2.05, 4.69) is 4.90 Å². The summed E-state index contributed by atoms with van der Waals surface area (Å²) in [5, 5.41) is 0. The first kappa shape index (κ1) is 17.1. The molecule has 0 radical (unpaired) electrons. The first-order valence-corrected chi connectivity index (χ1v) is 9.61. The predicted octanol–water partition coefficient (Wildman–Crippen LogP) is 2.15. The van der Waals surface area contributed by atoms with E-state index in [1.165, 1.54) is 25.9 Å². The zero-order valence-electron chi connectivity index (χ0n) is 14.8. The van der Waals surface area contributed by atoms with Gasteiger partial charge in [-0.3, -0.25) is 4.79 Å². The first-order chi connectivity index (χ1) is 12.3. The van der Waals surface area contributed by atoms with Crippen LogP contribution in [-0.2, 0) is 9.47 Å². The summed E-state index contributed by atoms with van der Waals surface area (Å²) < 4.78 is 17.3. The molecule has 0 aromatic carbocycles. The molecule has 0 saturated carbocycles. The van der Waals surface area contributed by atoms with E-state index in [0.717, 1.165) is 39.0 Å². The SMILES string of the molecule is O=C(c1ccco1)N1CC[C@@H]2O[C@H](COCCN3CCCC3)CC[C@@H]21. The molecule has 138 valence electrons. The Balaban J connectivity index is 1.21. The van der Waals surface area contributed by atoms with Crippen molar-refractivity contribution < 1.29 is 18.7 Å². The smallest absolute Gasteiger partial charge is 0.289 e. The summed E-state index contributed by atoms with van der Waals surface area (Å²) in [5.41, 5.74) is 0. The second-order valence-electron chi connectivity index (χ2n) is 7.33. The van der Waals surface area contributed by atoms with E-state index in [1.807, 2.05) is 4.90 Å². The van der Waals surface area contributed by atoms with E-state index in [4.69, 9.17) is 13.9 Å². The van der Waals surface area contributed by atoms with Crippen LogP contribution in [0.3, 0.4) is 0 Å². The molecular formula is C19H28N2O4. The topological polar surface area (TPSA) is 55.2 Å². The van der Waals surface area contributed by atoms with E-state index in [9.17, 15) is 4.79 Å². The molecule has 0 aliphatic carbocycles. The molecule has 1 aromatic heterocycles. The number of amides is 1. The summed E-state index contributed by atoms with van der Waals surface area (Å²) in [6, 6.07) is 3.67. The Bertz CT molecular complexity index is 556. The van der Waals surface area contributed by atoms with Gasteiger partial charge in [-0.15, -0.1) is 0 Å². The van der Waals surface area contributed by atoms with Crippen molar-refractivity contribution in [3.8, 4) is 0 Å². The van der Waals surface area contributed by atoms with Crippen LogP contribution in [0.15, 0.2) is 22.8 Å². The van der Waals surface area contributed by atoms with Gasteiger partial charge in [-0.1, -0.05) is 0 Å². The maximum absolute atomic E-state index is 12.5. The average Bonchev–Trinajstić information content (AvgIpc) is 3.39. The molecule has 6 heteroatoms. The van der Waals surface area contributed by atoms with Crippen molar-refractivity contribution >= 4 is 5.91 Å². The first-order valence-electron chi connectivity index (χ1n) is 9.61. The summed E-state index contributed by atoms with van der Waals surface area (Å²) in [4.78, 5) is 16.9. The highest BCUT2D eigenvalue weighted by Crippen LogP contribution is 2.32. The summed E-state index contributed by atoms with van der Waals surface area (Å²) >= 11 is 0. The normalized spacial score (nSPS) is 29.9. The fraction of sp³-hybridized carbons (Fsp3) is 0.737. The lowest BCUT2D eigenvalue weighted by molar-refractivity contribution is -0.0973. The highest BCUT2D eigenvalue weighted by atomic mass is 16.5. The molecule has 3 aliphatic rings. The van der Waals surface area contributed by atoms with Crippen molar-refractivity contribution in [3.05, 3.63) is 24.2 Å². The van der Waals surface area contributed by atoms with Gasteiger partial charge in [-0.2, -0.15) is 0 Å². The molecule has 0 unspecified atom stereocenters. The number of rotatable bonds is 6. The van der Waals surface area contributed by atoms with Crippen molar-refractivity contribution in [3.63, 3.8) is 0 Å².